The van der Waals surface area contributed by atoms with Gasteiger partial charge in [0.05, 0.1) is 23.3 Å². The lowest BCUT2D eigenvalue weighted by atomic mass is 9.99. The maximum atomic E-state index is 13.0. The van der Waals surface area contributed by atoms with Crippen molar-refractivity contribution in [1.82, 2.24) is 19.8 Å². The van der Waals surface area contributed by atoms with Gasteiger partial charge in [0.1, 0.15) is 0 Å². The average molecular weight is 358 g/mol. The van der Waals surface area contributed by atoms with E-state index in [4.69, 9.17) is 4.52 Å². The molecule has 1 amide bonds. The SMILES string of the molecule is Cn1nc2c(c1-c1ccccc1)CCN(C(=O)c1noc3ccccc13)C2. The summed E-state index contributed by atoms with van der Waals surface area (Å²) in [6.07, 6.45) is 0.773. The van der Waals surface area contributed by atoms with Crippen molar-refractivity contribution in [2.75, 3.05) is 6.54 Å². The summed E-state index contributed by atoms with van der Waals surface area (Å²) >= 11 is 0. The Hall–Kier alpha value is -3.41. The maximum absolute atomic E-state index is 13.0. The zero-order chi connectivity index (χ0) is 18.4. The van der Waals surface area contributed by atoms with Crippen LogP contribution in [0.4, 0.5) is 0 Å². The number of carbonyl (C=O) groups excluding carboxylic acids is 1. The molecule has 0 N–H and O–H groups in total. The lowest BCUT2D eigenvalue weighted by Gasteiger charge is -2.25. The summed E-state index contributed by atoms with van der Waals surface area (Å²) in [7, 11) is 1.96. The zero-order valence-corrected chi connectivity index (χ0v) is 14.9. The molecular formula is C21H18N4O2. The van der Waals surface area contributed by atoms with Crippen LogP contribution < -0.4 is 0 Å². The molecule has 4 aromatic rings. The molecule has 2 aromatic heterocycles. The Kier molecular flexibility index (Phi) is 3.57. The highest BCUT2D eigenvalue weighted by Gasteiger charge is 2.29. The third-order valence-corrected chi connectivity index (χ3v) is 5.12. The van der Waals surface area contributed by atoms with Crippen molar-refractivity contribution in [3.63, 3.8) is 0 Å². The van der Waals surface area contributed by atoms with Crippen molar-refractivity contribution in [2.45, 2.75) is 13.0 Å². The summed E-state index contributed by atoms with van der Waals surface area (Å²) in [6.45, 7) is 1.12. The first-order valence-electron chi connectivity index (χ1n) is 8.96. The van der Waals surface area contributed by atoms with Gasteiger partial charge in [-0.2, -0.15) is 5.10 Å². The minimum Gasteiger partial charge on any atom is -0.355 e. The van der Waals surface area contributed by atoms with E-state index in [2.05, 4.69) is 22.4 Å². The normalized spacial score (nSPS) is 13.7. The zero-order valence-electron chi connectivity index (χ0n) is 14.9. The van der Waals surface area contributed by atoms with E-state index in [1.54, 1.807) is 4.90 Å². The minimum absolute atomic E-state index is 0.113. The topological polar surface area (TPSA) is 64.2 Å². The second-order valence-corrected chi connectivity index (χ2v) is 6.77. The Morgan fingerprint density at radius 2 is 1.85 bits per heavy atom. The van der Waals surface area contributed by atoms with Gasteiger partial charge in [0, 0.05) is 24.7 Å². The summed E-state index contributed by atoms with van der Waals surface area (Å²) in [4.78, 5) is 14.8. The second-order valence-electron chi connectivity index (χ2n) is 6.77. The van der Waals surface area contributed by atoms with Gasteiger partial charge in [0.2, 0.25) is 0 Å². The quantitative estimate of drug-likeness (QED) is 0.551. The second kappa shape index (κ2) is 6.09. The van der Waals surface area contributed by atoms with Crippen LogP contribution in [0, 0.1) is 0 Å². The lowest BCUT2D eigenvalue weighted by molar-refractivity contribution is 0.0724. The Morgan fingerprint density at radius 3 is 2.70 bits per heavy atom. The molecule has 6 nitrogen and oxygen atoms in total. The first-order chi connectivity index (χ1) is 13.2. The monoisotopic (exact) mass is 358 g/mol. The van der Waals surface area contributed by atoms with Crippen molar-refractivity contribution >= 4 is 16.9 Å². The van der Waals surface area contributed by atoms with E-state index in [0.29, 0.717) is 24.4 Å². The van der Waals surface area contributed by atoms with Gasteiger partial charge < -0.3 is 9.42 Å². The van der Waals surface area contributed by atoms with Gasteiger partial charge in [-0.25, -0.2) is 0 Å². The molecule has 0 radical (unpaired) electrons. The molecule has 3 heterocycles. The van der Waals surface area contributed by atoms with Gasteiger partial charge in [0.15, 0.2) is 11.3 Å². The van der Waals surface area contributed by atoms with Crippen molar-refractivity contribution in [1.29, 1.82) is 0 Å². The Morgan fingerprint density at radius 1 is 1.07 bits per heavy atom. The number of nitrogens with zero attached hydrogens (tertiary/aromatic N) is 4. The number of para-hydroxylation sites is 1. The van der Waals surface area contributed by atoms with Crippen LogP contribution in [0.5, 0.6) is 0 Å². The standard InChI is InChI=1S/C21H18N4O2/c1-24-20(14-7-3-2-4-8-14)15-11-12-25(13-17(15)22-24)21(26)19-16-9-5-6-10-18(16)27-23-19/h2-10H,11-13H2,1H3. The molecule has 134 valence electrons. The van der Waals surface area contributed by atoms with Crippen LogP contribution in [-0.2, 0) is 20.0 Å². The van der Waals surface area contributed by atoms with E-state index in [1.807, 2.05) is 54.2 Å². The summed E-state index contributed by atoms with van der Waals surface area (Å²) in [5.74, 6) is -0.113. The Labute approximate surface area is 156 Å². The number of aromatic nitrogens is 3. The molecule has 0 fully saturated rings. The van der Waals surface area contributed by atoms with E-state index in [9.17, 15) is 4.79 Å². The van der Waals surface area contributed by atoms with E-state index in [1.165, 1.54) is 5.56 Å². The van der Waals surface area contributed by atoms with Gasteiger partial charge in [-0.1, -0.05) is 47.6 Å². The molecule has 0 spiro atoms. The number of amides is 1. The van der Waals surface area contributed by atoms with Crippen molar-refractivity contribution in [3.05, 3.63) is 71.5 Å². The predicted molar refractivity (Wildman–Crippen MR) is 101 cm³/mol. The largest absolute Gasteiger partial charge is 0.355 e. The molecule has 27 heavy (non-hydrogen) atoms. The highest BCUT2D eigenvalue weighted by atomic mass is 16.5. The molecule has 0 atom stereocenters. The van der Waals surface area contributed by atoms with Crippen LogP contribution >= 0.6 is 0 Å². The number of carbonyl (C=O) groups is 1. The highest BCUT2D eigenvalue weighted by molar-refractivity contribution is 6.04. The fraction of sp³-hybridized carbons (Fsp3) is 0.190. The molecule has 5 rings (SSSR count). The predicted octanol–water partition coefficient (Wildman–Crippen LogP) is 3.43. The third-order valence-electron chi connectivity index (χ3n) is 5.12. The fourth-order valence-corrected chi connectivity index (χ4v) is 3.84. The van der Waals surface area contributed by atoms with E-state index in [-0.39, 0.29) is 5.91 Å². The van der Waals surface area contributed by atoms with Gasteiger partial charge >= 0.3 is 0 Å². The minimum atomic E-state index is -0.113. The van der Waals surface area contributed by atoms with Crippen molar-refractivity contribution in [3.8, 4) is 11.3 Å². The number of hydrogen-bond donors (Lipinski definition) is 0. The van der Waals surface area contributed by atoms with Gasteiger partial charge in [0.25, 0.3) is 5.91 Å². The molecule has 0 saturated heterocycles. The number of aryl methyl sites for hydroxylation is 1. The number of hydrogen-bond acceptors (Lipinski definition) is 4. The highest BCUT2D eigenvalue weighted by Crippen LogP contribution is 2.30. The Bertz CT molecular complexity index is 1140. The molecule has 2 aromatic carbocycles. The first-order valence-corrected chi connectivity index (χ1v) is 8.96. The molecule has 0 aliphatic carbocycles. The van der Waals surface area contributed by atoms with E-state index >= 15 is 0 Å². The Balaban J connectivity index is 1.48. The summed E-state index contributed by atoms with van der Waals surface area (Å²) in [6, 6.07) is 17.7. The van der Waals surface area contributed by atoms with Gasteiger partial charge in [-0.15, -0.1) is 0 Å². The molecule has 6 heteroatoms. The van der Waals surface area contributed by atoms with Gasteiger partial charge in [-0.3, -0.25) is 9.48 Å². The van der Waals surface area contributed by atoms with Crippen molar-refractivity contribution < 1.29 is 9.32 Å². The smallest absolute Gasteiger partial charge is 0.277 e. The molecule has 0 unspecified atom stereocenters. The molecule has 1 aliphatic rings. The van der Waals surface area contributed by atoms with Crippen LogP contribution in [0.15, 0.2) is 59.1 Å². The number of benzene rings is 2. The number of rotatable bonds is 2. The van der Waals surface area contributed by atoms with Gasteiger partial charge in [-0.05, 0) is 18.6 Å². The lowest BCUT2D eigenvalue weighted by Crippen LogP contribution is -2.36. The molecule has 0 saturated carbocycles. The summed E-state index contributed by atoms with van der Waals surface area (Å²) < 4.78 is 7.21. The third kappa shape index (κ3) is 2.52. The maximum Gasteiger partial charge on any atom is 0.277 e. The number of fused-ring (bicyclic) bond motifs is 2. The van der Waals surface area contributed by atoms with E-state index in [0.717, 1.165) is 28.8 Å². The summed E-state index contributed by atoms with van der Waals surface area (Å²) in [5, 5.41) is 9.44. The average Bonchev–Trinajstić information content (AvgIpc) is 3.27. The van der Waals surface area contributed by atoms with Crippen molar-refractivity contribution in [2.24, 2.45) is 7.05 Å². The first kappa shape index (κ1) is 15.8. The molecule has 1 aliphatic heterocycles. The van der Waals surface area contributed by atoms with Crippen LogP contribution in [0.1, 0.15) is 21.7 Å². The van der Waals surface area contributed by atoms with Crippen LogP contribution in [-0.4, -0.2) is 32.3 Å². The molecule has 0 bridgehead atoms. The van der Waals surface area contributed by atoms with Crippen LogP contribution in [0.25, 0.3) is 22.2 Å². The van der Waals surface area contributed by atoms with E-state index < -0.39 is 0 Å². The molecular weight excluding hydrogens is 340 g/mol. The fourth-order valence-electron chi connectivity index (χ4n) is 3.84. The van der Waals surface area contributed by atoms with Crippen LogP contribution in [0.2, 0.25) is 0 Å². The van der Waals surface area contributed by atoms with Crippen LogP contribution in [0.3, 0.4) is 0 Å². The summed E-state index contributed by atoms with van der Waals surface area (Å²) in [5.41, 5.74) is 5.44.